The highest BCUT2D eigenvalue weighted by Crippen LogP contribution is 2.30. The summed E-state index contributed by atoms with van der Waals surface area (Å²) in [6, 6.07) is 10.8. The molecule has 1 aromatic carbocycles. The number of ether oxygens (including phenoxy) is 4. The topological polar surface area (TPSA) is 149 Å². The van der Waals surface area contributed by atoms with Crippen LogP contribution in [0.1, 0.15) is 48.5 Å². The number of aromatic nitrogens is 1. The van der Waals surface area contributed by atoms with E-state index >= 15 is 0 Å². The molecule has 1 fully saturated rings. The minimum atomic E-state index is -1.06. The summed E-state index contributed by atoms with van der Waals surface area (Å²) in [5, 5.41) is 5.80. The largest absolute Gasteiger partial charge is 0.484 e. The van der Waals surface area contributed by atoms with Crippen LogP contribution in [-0.4, -0.2) is 113 Å². The number of hydrogen-bond donors (Lipinski definition) is 2. The van der Waals surface area contributed by atoms with Crippen LogP contribution in [0.15, 0.2) is 42.6 Å². The van der Waals surface area contributed by atoms with Crippen LogP contribution in [0.2, 0.25) is 0 Å². The Hall–Kier alpha value is -4.23. The number of esters is 1. The summed E-state index contributed by atoms with van der Waals surface area (Å²) in [6.07, 6.45) is 3.29. The van der Waals surface area contributed by atoms with Gasteiger partial charge in [-0.05, 0) is 62.4 Å². The van der Waals surface area contributed by atoms with Crippen LogP contribution in [-0.2, 0) is 35.0 Å². The van der Waals surface area contributed by atoms with Crippen molar-refractivity contribution in [3.05, 3.63) is 53.7 Å². The van der Waals surface area contributed by atoms with Crippen molar-refractivity contribution in [3.63, 3.8) is 0 Å². The summed E-state index contributed by atoms with van der Waals surface area (Å²) in [5.41, 5.74) is 0.227. The van der Waals surface area contributed by atoms with Crippen LogP contribution >= 0.6 is 0 Å². The average molecular weight is 654 g/mol. The van der Waals surface area contributed by atoms with Crippen LogP contribution in [0.5, 0.6) is 5.75 Å². The van der Waals surface area contributed by atoms with Crippen molar-refractivity contribution in [3.8, 4) is 5.75 Å². The molecule has 2 aromatic rings. The van der Waals surface area contributed by atoms with Gasteiger partial charge in [-0.3, -0.25) is 19.2 Å². The number of hydrogen-bond acceptors (Lipinski definition) is 10. The number of carbonyl (C=O) groups is 4. The predicted octanol–water partition coefficient (Wildman–Crippen LogP) is 1.98. The summed E-state index contributed by atoms with van der Waals surface area (Å²) in [6.45, 7) is 5.96. The molecule has 4 heterocycles. The maximum atomic E-state index is 13.6. The van der Waals surface area contributed by atoms with Gasteiger partial charge in [0.25, 0.3) is 11.8 Å². The minimum Gasteiger partial charge on any atom is -0.484 e. The second kappa shape index (κ2) is 18.2. The first-order chi connectivity index (χ1) is 22.8. The highest BCUT2D eigenvalue weighted by molar-refractivity contribution is 5.94. The van der Waals surface area contributed by atoms with E-state index < -0.39 is 11.4 Å². The van der Waals surface area contributed by atoms with Crippen molar-refractivity contribution in [2.75, 3.05) is 84.3 Å². The lowest BCUT2D eigenvalue weighted by molar-refractivity contribution is -0.156. The zero-order valence-electron chi connectivity index (χ0n) is 27.5. The smallest absolute Gasteiger partial charge is 0.314 e. The fraction of sp³-hybridized carbons (Fsp3) is 0.559. The van der Waals surface area contributed by atoms with Crippen molar-refractivity contribution in [1.29, 1.82) is 0 Å². The monoisotopic (exact) mass is 653 g/mol. The number of fused-ring (bicyclic) bond motifs is 17. The van der Waals surface area contributed by atoms with Gasteiger partial charge in [-0.2, -0.15) is 0 Å². The van der Waals surface area contributed by atoms with E-state index in [4.69, 9.17) is 18.9 Å². The molecule has 3 aliphatic rings. The predicted molar refractivity (Wildman–Crippen MR) is 174 cm³/mol. The molecule has 0 radical (unpaired) electrons. The fourth-order valence-electron chi connectivity index (χ4n) is 5.64. The lowest BCUT2D eigenvalue weighted by Gasteiger charge is -2.32. The Bertz CT molecular complexity index is 1320. The van der Waals surface area contributed by atoms with Gasteiger partial charge in [0, 0.05) is 65.6 Å². The first-order valence-corrected chi connectivity index (χ1v) is 16.3. The molecule has 3 amide bonds. The Morgan fingerprint density at radius 1 is 0.979 bits per heavy atom. The molecular formula is C34H47N5O8. The number of morpholine rings is 1. The summed E-state index contributed by atoms with van der Waals surface area (Å²) in [4.78, 5) is 60.9. The van der Waals surface area contributed by atoms with E-state index in [1.807, 2.05) is 18.2 Å². The van der Waals surface area contributed by atoms with Crippen LogP contribution in [0, 0.1) is 5.41 Å². The molecule has 1 unspecified atom stereocenters. The van der Waals surface area contributed by atoms with Gasteiger partial charge in [0.05, 0.1) is 30.8 Å². The van der Waals surface area contributed by atoms with Crippen molar-refractivity contribution >= 4 is 29.5 Å². The van der Waals surface area contributed by atoms with Gasteiger partial charge < -0.3 is 39.4 Å². The summed E-state index contributed by atoms with van der Waals surface area (Å²) < 4.78 is 21.9. The van der Waals surface area contributed by atoms with Crippen molar-refractivity contribution in [2.45, 2.75) is 39.0 Å². The number of benzene rings is 1. The van der Waals surface area contributed by atoms with Crippen molar-refractivity contribution in [2.24, 2.45) is 5.41 Å². The number of rotatable bonds is 7. The van der Waals surface area contributed by atoms with E-state index in [0.717, 1.165) is 24.5 Å². The molecule has 0 aliphatic carbocycles. The third-order valence-electron chi connectivity index (χ3n) is 8.33. The third-order valence-corrected chi connectivity index (χ3v) is 8.33. The maximum absolute atomic E-state index is 13.6. The molecule has 13 nitrogen and oxygen atoms in total. The number of amides is 3. The normalized spacial score (nSPS) is 20.5. The van der Waals surface area contributed by atoms with E-state index in [1.165, 1.54) is 0 Å². The second-order valence-corrected chi connectivity index (χ2v) is 11.7. The first kappa shape index (κ1) is 35.6. The summed E-state index contributed by atoms with van der Waals surface area (Å²) in [7, 11) is 1.56. The Morgan fingerprint density at radius 2 is 1.74 bits per heavy atom. The number of pyridine rings is 1. The van der Waals surface area contributed by atoms with E-state index in [-0.39, 0.29) is 43.9 Å². The molecule has 13 heteroatoms. The van der Waals surface area contributed by atoms with Crippen LogP contribution in [0.25, 0.3) is 0 Å². The van der Waals surface area contributed by atoms with E-state index in [2.05, 4.69) is 20.5 Å². The van der Waals surface area contributed by atoms with Gasteiger partial charge in [-0.25, -0.2) is 4.98 Å². The molecule has 0 spiro atoms. The number of nitrogens with zero attached hydrogens (tertiary/aromatic N) is 3. The average Bonchev–Trinajstić information content (AvgIpc) is 3.10. The van der Waals surface area contributed by atoms with Crippen molar-refractivity contribution < 1.29 is 38.1 Å². The summed E-state index contributed by atoms with van der Waals surface area (Å²) in [5.74, 6) is 0.175. The molecule has 2 N–H and O–H groups in total. The highest BCUT2D eigenvalue weighted by atomic mass is 16.5. The molecule has 2 bridgehead atoms. The molecule has 256 valence electrons. The molecule has 1 atom stereocenters. The van der Waals surface area contributed by atoms with E-state index in [0.29, 0.717) is 76.5 Å². The number of methoxy groups -OCH3 is 1. The van der Waals surface area contributed by atoms with Gasteiger partial charge in [-0.1, -0.05) is 12.1 Å². The summed E-state index contributed by atoms with van der Waals surface area (Å²) >= 11 is 0. The molecule has 0 saturated carbocycles. The van der Waals surface area contributed by atoms with Gasteiger partial charge in [0.2, 0.25) is 5.91 Å². The van der Waals surface area contributed by atoms with Crippen LogP contribution in [0.3, 0.4) is 0 Å². The van der Waals surface area contributed by atoms with E-state index in [9.17, 15) is 19.2 Å². The van der Waals surface area contributed by atoms with Gasteiger partial charge >= 0.3 is 5.97 Å². The number of carbonyl (C=O) groups excluding carboxylic acids is 4. The molecule has 1 aromatic heterocycles. The standard InChI is InChI=1S/C34H47N5O8/c1-3-46-33(43)34(13-19-44-2)22-26-7-10-28(11-8-26)47-24-31(41)35-14-5-16-39(15-4-6-30(40)37-25-34)32(42)27-9-12-29(36-23-27)38-17-20-45-21-18-38/h7-12,23H,3-6,13-22,24-25H2,1-2H3,(H,35,41)(H,37,40). The van der Waals surface area contributed by atoms with Gasteiger partial charge in [0.15, 0.2) is 6.61 Å². The Morgan fingerprint density at radius 3 is 2.45 bits per heavy atom. The fourth-order valence-corrected chi connectivity index (χ4v) is 5.64. The van der Waals surface area contributed by atoms with Crippen LogP contribution in [0.4, 0.5) is 5.82 Å². The highest BCUT2D eigenvalue weighted by Gasteiger charge is 2.40. The molecule has 47 heavy (non-hydrogen) atoms. The first-order valence-electron chi connectivity index (χ1n) is 16.3. The molecule has 5 rings (SSSR count). The zero-order valence-corrected chi connectivity index (χ0v) is 27.5. The SMILES string of the molecule is CCOC(=O)C1(CCOC)CNC(=O)CCCN(C(=O)c2ccc(N3CCOCC3)nc2)CCCNC(=O)COc2ccc(cc2)C1. The van der Waals surface area contributed by atoms with E-state index in [1.54, 1.807) is 43.3 Å². The van der Waals surface area contributed by atoms with Gasteiger partial charge in [0.1, 0.15) is 11.6 Å². The zero-order chi connectivity index (χ0) is 33.5. The molecule has 1 saturated heterocycles. The lowest BCUT2D eigenvalue weighted by Crippen LogP contribution is -2.46. The third kappa shape index (κ3) is 10.6. The Balaban J connectivity index is 1.49. The van der Waals surface area contributed by atoms with Gasteiger partial charge in [-0.15, -0.1) is 0 Å². The molecule has 3 aliphatic heterocycles. The minimum absolute atomic E-state index is 0.0657. The lowest BCUT2D eigenvalue weighted by atomic mass is 9.78. The molecular weight excluding hydrogens is 606 g/mol. The number of nitrogens with one attached hydrogen (secondary N) is 2. The maximum Gasteiger partial charge on any atom is 0.314 e. The Labute approximate surface area is 276 Å². The van der Waals surface area contributed by atoms with Crippen LogP contribution < -0.4 is 20.3 Å². The van der Waals surface area contributed by atoms with Crippen molar-refractivity contribution in [1.82, 2.24) is 20.5 Å². The quantitative estimate of drug-likeness (QED) is 0.425. The number of anilines is 1. The second-order valence-electron chi connectivity index (χ2n) is 11.7. The Kier molecular flexibility index (Phi) is 13.8.